The Hall–Kier alpha value is -3.13. The van der Waals surface area contributed by atoms with E-state index in [1.165, 1.54) is 0 Å². The first-order valence-corrected chi connectivity index (χ1v) is 8.02. The van der Waals surface area contributed by atoms with Crippen LogP contribution in [-0.4, -0.2) is 18.0 Å². The van der Waals surface area contributed by atoms with Gasteiger partial charge in [0.1, 0.15) is 17.4 Å². The molecule has 1 aromatic carbocycles. The number of pyridine rings is 1. The number of nitrogens with one attached hydrogen (secondary N) is 1. The first kappa shape index (κ1) is 18.2. The molecular formula is C20H21N3O2. The largest absolute Gasteiger partial charge is 0.496 e. The summed E-state index contributed by atoms with van der Waals surface area (Å²) in [6, 6.07) is 11.2. The lowest BCUT2D eigenvalue weighted by molar-refractivity contribution is -0.117. The maximum Gasteiger partial charge on any atom is 0.262 e. The van der Waals surface area contributed by atoms with Gasteiger partial charge >= 0.3 is 0 Å². The molecule has 0 aliphatic carbocycles. The molecule has 2 rings (SSSR count). The predicted molar refractivity (Wildman–Crippen MR) is 96.8 cm³/mol. The van der Waals surface area contributed by atoms with E-state index in [1.807, 2.05) is 30.3 Å². The summed E-state index contributed by atoms with van der Waals surface area (Å²) in [6.07, 6.45) is 4.93. The summed E-state index contributed by atoms with van der Waals surface area (Å²) in [4.78, 5) is 16.2. The van der Waals surface area contributed by atoms with Crippen LogP contribution in [0.25, 0.3) is 6.08 Å². The Bertz CT molecular complexity index is 805. The van der Waals surface area contributed by atoms with Crippen LogP contribution in [0.5, 0.6) is 5.75 Å². The van der Waals surface area contributed by atoms with Gasteiger partial charge < -0.3 is 10.1 Å². The van der Waals surface area contributed by atoms with E-state index in [0.29, 0.717) is 6.54 Å². The normalized spacial score (nSPS) is 11.1. The third kappa shape index (κ3) is 4.92. The molecule has 0 spiro atoms. The second-order valence-electron chi connectivity index (χ2n) is 5.87. The van der Waals surface area contributed by atoms with Crippen molar-refractivity contribution in [2.45, 2.75) is 26.3 Å². The monoisotopic (exact) mass is 335 g/mol. The number of aromatic nitrogens is 1. The molecule has 1 heterocycles. The molecule has 0 bridgehead atoms. The van der Waals surface area contributed by atoms with E-state index in [1.54, 1.807) is 31.6 Å². The predicted octanol–water partition coefficient (Wildman–Crippen LogP) is 3.44. The first-order valence-electron chi connectivity index (χ1n) is 8.02. The topological polar surface area (TPSA) is 75.0 Å². The number of amides is 1. The molecule has 1 amide bonds. The van der Waals surface area contributed by atoms with Crippen molar-refractivity contribution in [2.24, 2.45) is 0 Å². The summed E-state index contributed by atoms with van der Waals surface area (Å²) < 4.78 is 5.36. The maximum atomic E-state index is 12.2. The number of ether oxygens (including phenoxy) is 1. The SMILES string of the molecule is COc1ccc(/C=C(\C#N)C(=O)NCc2cccnc2)cc1C(C)C. The van der Waals surface area contributed by atoms with Gasteiger partial charge in [0.15, 0.2) is 0 Å². The van der Waals surface area contributed by atoms with Crippen molar-refractivity contribution < 1.29 is 9.53 Å². The van der Waals surface area contributed by atoms with Gasteiger partial charge in [-0.1, -0.05) is 26.0 Å². The number of hydrogen-bond donors (Lipinski definition) is 1. The van der Waals surface area contributed by atoms with Gasteiger partial charge in [-0.3, -0.25) is 9.78 Å². The third-order valence-corrected chi connectivity index (χ3v) is 3.73. The molecule has 0 atom stereocenters. The molecule has 5 nitrogen and oxygen atoms in total. The highest BCUT2D eigenvalue weighted by Crippen LogP contribution is 2.28. The molecule has 0 fully saturated rings. The zero-order valence-corrected chi connectivity index (χ0v) is 14.6. The minimum atomic E-state index is -0.409. The van der Waals surface area contributed by atoms with Crippen LogP contribution in [0.2, 0.25) is 0 Å². The zero-order valence-electron chi connectivity index (χ0n) is 14.6. The molecule has 0 aliphatic rings. The van der Waals surface area contributed by atoms with E-state index in [-0.39, 0.29) is 11.5 Å². The van der Waals surface area contributed by atoms with Crippen LogP contribution in [0.1, 0.15) is 36.5 Å². The fourth-order valence-corrected chi connectivity index (χ4v) is 2.39. The Labute approximate surface area is 148 Å². The second kappa shape index (κ2) is 8.65. The number of carbonyl (C=O) groups is 1. The van der Waals surface area contributed by atoms with Gasteiger partial charge in [-0.05, 0) is 46.9 Å². The minimum Gasteiger partial charge on any atom is -0.496 e. The van der Waals surface area contributed by atoms with Crippen molar-refractivity contribution >= 4 is 12.0 Å². The molecule has 0 unspecified atom stereocenters. The maximum absolute atomic E-state index is 12.2. The highest BCUT2D eigenvalue weighted by Gasteiger charge is 2.11. The first-order chi connectivity index (χ1) is 12.0. The molecule has 5 heteroatoms. The van der Waals surface area contributed by atoms with Gasteiger partial charge in [0.2, 0.25) is 0 Å². The van der Waals surface area contributed by atoms with Crippen LogP contribution in [0.15, 0.2) is 48.3 Å². The van der Waals surface area contributed by atoms with Crippen molar-refractivity contribution in [1.29, 1.82) is 5.26 Å². The summed E-state index contributed by atoms with van der Waals surface area (Å²) in [7, 11) is 1.63. The molecule has 128 valence electrons. The van der Waals surface area contributed by atoms with Crippen LogP contribution in [0, 0.1) is 11.3 Å². The average molecular weight is 335 g/mol. The van der Waals surface area contributed by atoms with Gasteiger partial charge in [0.25, 0.3) is 5.91 Å². The van der Waals surface area contributed by atoms with E-state index in [0.717, 1.165) is 22.4 Å². The molecule has 1 N–H and O–H groups in total. The fourth-order valence-electron chi connectivity index (χ4n) is 2.39. The summed E-state index contributed by atoms with van der Waals surface area (Å²) in [6.45, 7) is 4.46. The molecular weight excluding hydrogens is 314 g/mol. The molecule has 0 saturated carbocycles. The van der Waals surface area contributed by atoms with E-state index in [9.17, 15) is 10.1 Å². The quantitative estimate of drug-likeness (QED) is 0.648. The number of rotatable bonds is 6. The molecule has 1 aromatic heterocycles. The standard InChI is InChI=1S/C20H21N3O2/c1-14(2)18-10-15(6-7-19(18)25-3)9-17(11-21)20(24)23-13-16-5-4-8-22-12-16/h4-10,12,14H,13H2,1-3H3,(H,23,24)/b17-9+. The van der Waals surface area contributed by atoms with Crippen LogP contribution in [0.3, 0.4) is 0 Å². The van der Waals surface area contributed by atoms with Crippen LogP contribution >= 0.6 is 0 Å². The van der Waals surface area contributed by atoms with E-state index in [2.05, 4.69) is 24.1 Å². The highest BCUT2D eigenvalue weighted by molar-refractivity contribution is 6.01. The number of nitriles is 1. The van der Waals surface area contributed by atoms with Gasteiger partial charge in [-0.25, -0.2) is 0 Å². The number of carbonyl (C=O) groups excluding carboxylic acids is 1. The van der Waals surface area contributed by atoms with Crippen LogP contribution in [0.4, 0.5) is 0 Å². The Balaban J connectivity index is 2.17. The summed E-state index contributed by atoms with van der Waals surface area (Å²) >= 11 is 0. The zero-order chi connectivity index (χ0) is 18.2. The third-order valence-electron chi connectivity index (χ3n) is 3.73. The van der Waals surface area contributed by atoms with E-state index >= 15 is 0 Å². The number of methoxy groups -OCH3 is 1. The smallest absolute Gasteiger partial charge is 0.262 e. The van der Waals surface area contributed by atoms with Gasteiger partial charge in [0.05, 0.1) is 7.11 Å². The molecule has 0 saturated heterocycles. The summed E-state index contributed by atoms with van der Waals surface area (Å²) in [5.74, 6) is 0.660. The lowest BCUT2D eigenvalue weighted by Gasteiger charge is -2.12. The van der Waals surface area contributed by atoms with Crippen molar-refractivity contribution in [3.05, 3.63) is 65.0 Å². The van der Waals surface area contributed by atoms with Gasteiger partial charge in [-0.15, -0.1) is 0 Å². The number of benzene rings is 1. The van der Waals surface area contributed by atoms with Gasteiger partial charge in [0, 0.05) is 18.9 Å². The Morgan fingerprint density at radius 1 is 1.40 bits per heavy atom. The second-order valence-corrected chi connectivity index (χ2v) is 5.87. The molecule has 2 aromatic rings. The Morgan fingerprint density at radius 3 is 2.80 bits per heavy atom. The summed E-state index contributed by atoms with van der Waals surface area (Å²) in [5.41, 5.74) is 2.75. The van der Waals surface area contributed by atoms with Crippen molar-refractivity contribution in [3.63, 3.8) is 0 Å². The van der Waals surface area contributed by atoms with E-state index in [4.69, 9.17) is 4.74 Å². The number of nitrogens with zero attached hydrogens (tertiary/aromatic N) is 2. The van der Waals surface area contributed by atoms with Crippen molar-refractivity contribution in [1.82, 2.24) is 10.3 Å². The van der Waals surface area contributed by atoms with Crippen LogP contribution in [-0.2, 0) is 11.3 Å². The molecule has 0 aliphatic heterocycles. The Kier molecular flexibility index (Phi) is 6.30. The number of hydrogen-bond acceptors (Lipinski definition) is 4. The lowest BCUT2D eigenvalue weighted by Crippen LogP contribution is -2.24. The summed E-state index contributed by atoms with van der Waals surface area (Å²) in [5, 5.41) is 12.1. The van der Waals surface area contributed by atoms with E-state index < -0.39 is 5.91 Å². The molecule has 0 radical (unpaired) electrons. The van der Waals surface area contributed by atoms with Crippen molar-refractivity contribution in [3.8, 4) is 11.8 Å². The average Bonchev–Trinajstić information content (AvgIpc) is 2.64. The van der Waals surface area contributed by atoms with Gasteiger partial charge in [-0.2, -0.15) is 5.26 Å². The van der Waals surface area contributed by atoms with Crippen LogP contribution < -0.4 is 10.1 Å². The Morgan fingerprint density at radius 2 is 2.20 bits per heavy atom. The van der Waals surface area contributed by atoms with Crippen molar-refractivity contribution in [2.75, 3.05) is 7.11 Å². The minimum absolute atomic E-state index is 0.0590. The lowest BCUT2D eigenvalue weighted by atomic mass is 9.98. The molecule has 25 heavy (non-hydrogen) atoms. The highest BCUT2D eigenvalue weighted by atomic mass is 16.5. The fraction of sp³-hybridized carbons (Fsp3) is 0.250.